The van der Waals surface area contributed by atoms with E-state index in [0.29, 0.717) is 36.1 Å². The van der Waals surface area contributed by atoms with E-state index < -0.39 is 28.5 Å². The van der Waals surface area contributed by atoms with Crippen LogP contribution in [0.1, 0.15) is 17.3 Å². The Labute approximate surface area is 203 Å². The summed E-state index contributed by atoms with van der Waals surface area (Å²) >= 11 is 0. The van der Waals surface area contributed by atoms with Crippen molar-refractivity contribution >= 4 is 33.3 Å². The molecule has 4 rings (SSSR count). The lowest BCUT2D eigenvalue weighted by Crippen LogP contribution is -2.30. The average Bonchev–Trinajstić information content (AvgIpc) is 2.88. The SMILES string of the molecule is CCN(c1ccccc1)S(=O)(=O)c1ccc(C(=O)OCC(=O)Nc2ccc3c(c2)OCCO3)cc1. The molecule has 0 unspecified atom stereocenters. The zero-order chi connectivity index (χ0) is 24.8. The number of sulfonamides is 1. The Kier molecular flexibility index (Phi) is 7.21. The maximum atomic E-state index is 13.1. The van der Waals surface area contributed by atoms with Crippen LogP contribution in [0.15, 0.2) is 77.7 Å². The van der Waals surface area contributed by atoms with Crippen molar-refractivity contribution < 1.29 is 32.2 Å². The van der Waals surface area contributed by atoms with E-state index in [0.717, 1.165) is 0 Å². The number of benzene rings is 3. The van der Waals surface area contributed by atoms with Gasteiger partial charge in [-0.1, -0.05) is 18.2 Å². The van der Waals surface area contributed by atoms with Gasteiger partial charge < -0.3 is 19.5 Å². The number of carbonyl (C=O) groups excluding carboxylic acids is 2. The number of rotatable bonds is 8. The second-order valence-corrected chi connectivity index (χ2v) is 9.37. The van der Waals surface area contributed by atoms with E-state index in [2.05, 4.69) is 5.32 Å². The van der Waals surface area contributed by atoms with Crippen LogP contribution >= 0.6 is 0 Å². The standard InChI is InChI=1S/C25H24N2O7S/c1-2-27(20-6-4-3-5-7-20)35(30,31)21-11-8-18(9-12-21)25(29)34-17-24(28)26-19-10-13-22-23(16-19)33-15-14-32-22/h3-13,16H,2,14-15,17H2,1H3,(H,26,28). The van der Waals surface area contributed by atoms with E-state index in [1.54, 1.807) is 55.5 Å². The minimum Gasteiger partial charge on any atom is -0.486 e. The number of nitrogens with zero attached hydrogens (tertiary/aromatic N) is 1. The molecule has 0 atom stereocenters. The average molecular weight is 497 g/mol. The van der Waals surface area contributed by atoms with Crippen LogP contribution in [0.3, 0.4) is 0 Å². The van der Waals surface area contributed by atoms with Crippen molar-refractivity contribution in [1.29, 1.82) is 0 Å². The van der Waals surface area contributed by atoms with Gasteiger partial charge in [-0.2, -0.15) is 0 Å². The monoisotopic (exact) mass is 496 g/mol. The second kappa shape index (κ2) is 10.5. The van der Waals surface area contributed by atoms with Gasteiger partial charge in [-0.25, -0.2) is 13.2 Å². The molecule has 0 saturated carbocycles. The van der Waals surface area contributed by atoms with Crippen LogP contribution < -0.4 is 19.1 Å². The van der Waals surface area contributed by atoms with Gasteiger partial charge in [-0.15, -0.1) is 0 Å². The van der Waals surface area contributed by atoms with E-state index in [1.165, 1.54) is 28.6 Å². The number of ether oxygens (including phenoxy) is 3. The summed E-state index contributed by atoms with van der Waals surface area (Å²) in [7, 11) is -3.82. The molecular weight excluding hydrogens is 472 g/mol. The fraction of sp³-hybridized carbons (Fsp3) is 0.200. The maximum absolute atomic E-state index is 13.1. The van der Waals surface area contributed by atoms with Gasteiger partial charge in [0.2, 0.25) is 0 Å². The highest BCUT2D eigenvalue weighted by Crippen LogP contribution is 2.32. The van der Waals surface area contributed by atoms with Crippen molar-refractivity contribution in [2.45, 2.75) is 11.8 Å². The third-order valence-electron chi connectivity index (χ3n) is 5.17. The predicted molar refractivity (Wildman–Crippen MR) is 129 cm³/mol. The topological polar surface area (TPSA) is 111 Å². The van der Waals surface area contributed by atoms with Crippen LogP contribution in [0, 0.1) is 0 Å². The van der Waals surface area contributed by atoms with Gasteiger partial charge in [0.05, 0.1) is 16.1 Å². The molecule has 1 N–H and O–H groups in total. The summed E-state index contributed by atoms with van der Waals surface area (Å²) in [5.41, 5.74) is 1.14. The van der Waals surface area contributed by atoms with Crippen molar-refractivity contribution in [1.82, 2.24) is 0 Å². The highest BCUT2D eigenvalue weighted by atomic mass is 32.2. The van der Waals surface area contributed by atoms with Crippen LogP contribution in [0.2, 0.25) is 0 Å². The summed E-state index contributed by atoms with van der Waals surface area (Å²) in [5.74, 6) is -0.163. The molecule has 0 aliphatic carbocycles. The zero-order valence-electron chi connectivity index (χ0n) is 19.0. The molecule has 10 heteroatoms. The zero-order valence-corrected chi connectivity index (χ0v) is 19.8. The number of hydrogen-bond acceptors (Lipinski definition) is 7. The lowest BCUT2D eigenvalue weighted by Gasteiger charge is -2.22. The molecule has 0 spiro atoms. The Morgan fingerprint density at radius 2 is 1.63 bits per heavy atom. The number of esters is 1. The van der Waals surface area contributed by atoms with Gasteiger partial charge in [0, 0.05) is 18.3 Å². The van der Waals surface area contributed by atoms with Gasteiger partial charge in [0.15, 0.2) is 18.1 Å². The molecule has 0 fully saturated rings. The van der Waals surface area contributed by atoms with Crippen LogP contribution in [-0.2, 0) is 19.6 Å². The molecule has 1 heterocycles. The van der Waals surface area contributed by atoms with Crippen LogP contribution in [0.5, 0.6) is 11.5 Å². The molecule has 9 nitrogen and oxygen atoms in total. The van der Waals surface area contributed by atoms with Gasteiger partial charge in [0.25, 0.3) is 15.9 Å². The van der Waals surface area contributed by atoms with E-state index in [1.807, 2.05) is 0 Å². The molecule has 0 saturated heterocycles. The molecular formula is C25H24N2O7S. The Balaban J connectivity index is 1.36. The van der Waals surface area contributed by atoms with Gasteiger partial charge in [-0.3, -0.25) is 9.10 Å². The predicted octanol–water partition coefficient (Wildman–Crippen LogP) is 3.47. The smallest absolute Gasteiger partial charge is 0.338 e. The third-order valence-corrected chi connectivity index (χ3v) is 7.09. The van der Waals surface area contributed by atoms with E-state index >= 15 is 0 Å². The summed E-state index contributed by atoms with van der Waals surface area (Å²) in [6.45, 7) is 2.36. The summed E-state index contributed by atoms with van der Waals surface area (Å²) in [5, 5.41) is 2.63. The van der Waals surface area contributed by atoms with E-state index in [4.69, 9.17) is 14.2 Å². The fourth-order valence-electron chi connectivity index (χ4n) is 3.51. The number of anilines is 2. The van der Waals surface area contributed by atoms with E-state index in [-0.39, 0.29) is 17.0 Å². The Morgan fingerprint density at radius 1 is 0.943 bits per heavy atom. The highest BCUT2D eigenvalue weighted by molar-refractivity contribution is 7.92. The van der Waals surface area contributed by atoms with Crippen molar-refractivity contribution in [3.8, 4) is 11.5 Å². The number of carbonyl (C=O) groups is 2. The van der Waals surface area contributed by atoms with Crippen molar-refractivity contribution in [2.24, 2.45) is 0 Å². The number of nitrogens with one attached hydrogen (secondary N) is 1. The summed E-state index contributed by atoms with van der Waals surface area (Å²) in [4.78, 5) is 24.6. The molecule has 1 aliphatic heterocycles. The van der Waals surface area contributed by atoms with Crippen LogP contribution in [0.25, 0.3) is 0 Å². The normalized spacial score (nSPS) is 12.5. The third kappa shape index (κ3) is 5.55. The van der Waals surface area contributed by atoms with Crippen LogP contribution in [-0.4, -0.2) is 46.7 Å². The van der Waals surface area contributed by atoms with Crippen LogP contribution in [0.4, 0.5) is 11.4 Å². The minimum absolute atomic E-state index is 0.0381. The van der Waals surface area contributed by atoms with Gasteiger partial charge in [0.1, 0.15) is 13.2 Å². The number of hydrogen-bond donors (Lipinski definition) is 1. The largest absolute Gasteiger partial charge is 0.486 e. The van der Waals surface area contributed by atoms with Crippen molar-refractivity contribution in [2.75, 3.05) is 36.0 Å². The highest BCUT2D eigenvalue weighted by Gasteiger charge is 2.24. The molecule has 182 valence electrons. The summed E-state index contributed by atoms with van der Waals surface area (Å²) in [6.07, 6.45) is 0. The first-order valence-corrected chi connectivity index (χ1v) is 12.4. The Bertz CT molecular complexity index is 1310. The van der Waals surface area contributed by atoms with Gasteiger partial charge >= 0.3 is 5.97 Å². The lowest BCUT2D eigenvalue weighted by molar-refractivity contribution is -0.119. The molecule has 1 amide bonds. The minimum atomic E-state index is -3.82. The van der Waals surface area contributed by atoms with Gasteiger partial charge in [-0.05, 0) is 55.5 Å². The Hall–Kier alpha value is -4.05. The first kappa shape index (κ1) is 24.1. The Morgan fingerprint density at radius 3 is 2.31 bits per heavy atom. The molecule has 0 aromatic heterocycles. The maximum Gasteiger partial charge on any atom is 0.338 e. The molecule has 3 aromatic rings. The quantitative estimate of drug-likeness (QED) is 0.476. The molecule has 3 aromatic carbocycles. The summed E-state index contributed by atoms with van der Waals surface area (Å²) in [6, 6.07) is 19.1. The first-order valence-electron chi connectivity index (χ1n) is 10.9. The second-order valence-electron chi connectivity index (χ2n) is 7.51. The number of para-hydroxylation sites is 1. The van der Waals surface area contributed by atoms with E-state index in [9.17, 15) is 18.0 Å². The van der Waals surface area contributed by atoms with Crippen molar-refractivity contribution in [3.63, 3.8) is 0 Å². The molecule has 35 heavy (non-hydrogen) atoms. The molecule has 0 bridgehead atoms. The van der Waals surface area contributed by atoms with Crippen molar-refractivity contribution in [3.05, 3.63) is 78.4 Å². The first-order chi connectivity index (χ1) is 16.9. The molecule has 1 aliphatic rings. The number of fused-ring (bicyclic) bond motifs is 1. The lowest BCUT2D eigenvalue weighted by atomic mass is 10.2. The summed E-state index contributed by atoms with van der Waals surface area (Å²) < 4.78 is 43.4. The molecule has 0 radical (unpaired) electrons. The number of amides is 1. The fourth-order valence-corrected chi connectivity index (χ4v) is 4.98.